The first-order valence-electron chi connectivity index (χ1n) is 10.2. The van der Waals surface area contributed by atoms with Crippen molar-refractivity contribution in [1.82, 2.24) is 19.7 Å². The van der Waals surface area contributed by atoms with Crippen molar-refractivity contribution in [2.24, 2.45) is 5.92 Å². The Morgan fingerprint density at radius 2 is 1.87 bits per heavy atom. The fraction of sp³-hybridized carbons (Fsp3) is 0.217. The minimum atomic E-state index is -0.323. The maximum Gasteiger partial charge on any atom is 0.252 e. The van der Waals surface area contributed by atoms with Crippen molar-refractivity contribution in [3.05, 3.63) is 71.2 Å². The van der Waals surface area contributed by atoms with E-state index < -0.39 is 0 Å². The van der Waals surface area contributed by atoms with Gasteiger partial charge in [-0.3, -0.25) is 14.6 Å². The van der Waals surface area contributed by atoms with Crippen molar-refractivity contribution in [1.29, 1.82) is 0 Å². The van der Waals surface area contributed by atoms with E-state index in [-0.39, 0.29) is 23.3 Å². The van der Waals surface area contributed by atoms with Crippen molar-refractivity contribution >= 4 is 11.7 Å². The van der Waals surface area contributed by atoms with E-state index in [1.807, 2.05) is 44.2 Å². The Labute approximate surface area is 179 Å². The summed E-state index contributed by atoms with van der Waals surface area (Å²) in [4.78, 5) is 32.4. The van der Waals surface area contributed by atoms with Gasteiger partial charge < -0.3 is 9.73 Å². The first-order valence-corrected chi connectivity index (χ1v) is 10.2. The maximum absolute atomic E-state index is 12.7. The number of carbonyl (C=O) groups is 1. The fourth-order valence-corrected chi connectivity index (χ4v) is 3.37. The van der Waals surface area contributed by atoms with Crippen LogP contribution in [-0.4, -0.2) is 25.7 Å². The van der Waals surface area contributed by atoms with Crippen LogP contribution >= 0.6 is 0 Å². The second-order valence-corrected chi connectivity index (χ2v) is 7.13. The smallest absolute Gasteiger partial charge is 0.252 e. The molecule has 0 aliphatic heterocycles. The molecule has 31 heavy (non-hydrogen) atoms. The molecule has 1 amide bonds. The lowest BCUT2D eigenvalue weighted by atomic mass is 10.0. The molecule has 0 aliphatic rings. The van der Waals surface area contributed by atoms with Crippen molar-refractivity contribution in [3.63, 3.8) is 0 Å². The number of furan rings is 1. The van der Waals surface area contributed by atoms with Crippen LogP contribution in [0.2, 0.25) is 0 Å². The summed E-state index contributed by atoms with van der Waals surface area (Å²) in [6.45, 7) is 3.95. The summed E-state index contributed by atoms with van der Waals surface area (Å²) in [5.41, 5.74) is 1.50. The molecule has 8 nitrogen and oxygen atoms in total. The number of hydrogen-bond donors (Lipinski definition) is 2. The molecule has 158 valence electrons. The number of anilines is 1. The predicted octanol–water partition coefficient (Wildman–Crippen LogP) is 4.26. The number of amides is 1. The Kier molecular flexibility index (Phi) is 5.79. The summed E-state index contributed by atoms with van der Waals surface area (Å²) in [6, 6.07) is 16.1. The van der Waals surface area contributed by atoms with Crippen LogP contribution in [0.15, 0.2) is 70.1 Å². The standard InChI is InChI=1S/C23H23N5O3/c1-3-15(4-2)22(30)25-20-13-18(19-11-8-12-31-19)27-28(20)23-24-17(14-21(29)26-23)16-9-6-5-7-10-16/h5-15H,3-4H2,1-2H3,(H,25,30)(H,24,26,29). The molecule has 0 unspecified atom stereocenters. The number of aromatic amines is 1. The highest BCUT2D eigenvalue weighted by Gasteiger charge is 2.20. The van der Waals surface area contributed by atoms with Crippen LogP contribution in [-0.2, 0) is 4.79 Å². The van der Waals surface area contributed by atoms with Gasteiger partial charge in [0.15, 0.2) is 5.76 Å². The third-order valence-corrected chi connectivity index (χ3v) is 5.09. The third-order valence-electron chi connectivity index (χ3n) is 5.09. The molecule has 0 spiro atoms. The molecule has 0 bridgehead atoms. The van der Waals surface area contributed by atoms with E-state index in [9.17, 15) is 9.59 Å². The molecule has 0 radical (unpaired) electrons. The number of carbonyl (C=O) groups excluding carboxylic acids is 1. The van der Waals surface area contributed by atoms with Crippen LogP contribution in [0.1, 0.15) is 26.7 Å². The van der Waals surface area contributed by atoms with E-state index in [0.717, 1.165) is 18.4 Å². The number of nitrogens with one attached hydrogen (secondary N) is 2. The number of aromatic nitrogens is 4. The van der Waals surface area contributed by atoms with Gasteiger partial charge in [-0.15, -0.1) is 0 Å². The molecule has 0 fully saturated rings. The molecule has 0 atom stereocenters. The van der Waals surface area contributed by atoms with Gasteiger partial charge in [-0.1, -0.05) is 44.2 Å². The zero-order valence-electron chi connectivity index (χ0n) is 17.3. The summed E-state index contributed by atoms with van der Waals surface area (Å²) in [5, 5.41) is 7.47. The van der Waals surface area contributed by atoms with Gasteiger partial charge in [-0.2, -0.15) is 9.78 Å². The Hall–Kier alpha value is -3.94. The monoisotopic (exact) mass is 417 g/mol. The van der Waals surface area contributed by atoms with Gasteiger partial charge in [-0.25, -0.2) is 4.98 Å². The highest BCUT2D eigenvalue weighted by molar-refractivity contribution is 5.92. The first-order chi connectivity index (χ1) is 15.1. The van der Waals surface area contributed by atoms with E-state index in [0.29, 0.717) is 23.0 Å². The van der Waals surface area contributed by atoms with E-state index in [4.69, 9.17) is 4.42 Å². The first kappa shape index (κ1) is 20.3. The Morgan fingerprint density at radius 3 is 2.55 bits per heavy atom. The second-order valence-electron chi connectivity index (χ2n) is 7.13. The van der Waals surface area contributed by atoms with Crippen LogP contribution in [0.4, 0.5) is 5.82 Å². The number of H-pyrrole nitrogens is 1. The number of hydrogen-bond acceptors (Lipinski definition) is 5. The minimum absolute atomic E-state index is 0.112. The molecule has 0 saturated carbocycles. The maximum atomic E-state index is 12.7. The predicted molar refractivity (Wildman–Crippen MR) is 118 cm³/mol. The summed E-state index contributed by atoms with van der Waals surface area (Å²) < 4.78 is 6.88. The summed E-state index contributed by atoms with van der Waals surface area (Å²) >= 11 is 0. The quantitative estimate of drug-likeness (QED) is 0.467. The summed E-state index contributed by atoms with van der Waals surface area (Å²) in [6.07, 6.45) is 2.99. The van der Waals surface area contributed by atoms with Crippen molar-refractivity contribution in [3.8, 4) is 28.7 Å². The topological polar surface area (TPSA) is 106 Å². The number of nitrogens with zero attached hydrogens (tertiary/aromatic N) is 3. The number of rotatable bonds is 7. The molecule has 4 rings (SSSR count). The molecule has 3 heterocycles. The van der Waals surface area contributed by atoms with Crippen LogP contribution in [0.25, 0.3) is 28.7 Å². The lowest BCUT2D eigenvalue weighted by Crippen LogP contribution is -2.24. The van der Waals surface area contributed by atoms with Crippen molar-refractivity contribution in [2.45, 2.75) is 26.7 Å². The summed E-state index contributed by atoms with van der Waals surface area (Å²) in [5.74, 6) is 0.899. The van der Waals surface area contributed by atoms with Gasteiger partial charge in [0.05, 0.1) is 12.0 Å². The number of benzene rings is 1. The molecular weight excluding hydrogens is 394 g/mol. The Balaban J connectivity index is 1.81. The van der Waals surface area contributed by atoms with Crippen LogP contribution in [0.5, 0.6) is 0 Å². The average molecular weight is 417 g/mol. The van der Waals surface area contributed by atoms with Gasteiger partial charge in [0, 0.05) is 23.6 Å². The summed E-state index contributed by atoms with van der Waals surface area (Å²) in [7, 11) is 0. The normalized spacial score (nSPS) is 11.1. The van der Waals surface area contributed by atoms with E-state index in [2.05, 4.69) is 20.4 Å². The van der Waals surface area contributed by atoms with Gasteiger partial charge in [0.1, 0.15) is 11.5 Å². The Bertz CT molecular complexity index is 1220. The van der Waals surface area contributed by atoms with Gasteiger partial charge in [0.2, 0.25) is 11.9 Å². The van der Waals surface area contributed by atoms with Gasteiger partial charge in [-0.05, 0) is 25.0 Å². The van der Waals surface area contributed by atoms with Crippen molar-refractivity contribution in [2.75, 3.05) is 5.32 Å². The average Bonchev–Trinajstić information content (AvgIpc) is 3.45. The Morgan fingerprint density at radius 1 is 1.10 bits per heavy atom. The van der Waals surface area contributed by atoms with Crippen LogP contribution in [0, 0.1) is 5.92 Å². The highest BCUT2D eigenvalue weighted by Crippen LogP contribution is 2.25. The lowest BCUT2D eigenvalue weighted by Gasteiger charge is -2.13. The molecule has 4 aromatic rings. The molecule has 0 aliphatic carbocycles. The van der Waals surface area contributed by atoms with Crippen LogP contribution in [0.3, 0.4) is 0 Å². The van der Waals surface area contributed by atoms with Crippen molar-refractivity contribution < 1.29 is 9.21 Å². The molecular formula is C23H23N5O3. The lowest BCUT2D eigenvalue weighted by molar-refractivity contribution is -0.120. The molecule has 2 N–H and O–H groups in total. The largest absolute Gasteiger partial charge is 0.463 e. The third kappa shape index (κ3) is 4.32. The van der Waals surface area contributed by atoms with Crippen LogP contribution < -0.4 is 10.9 Å². The fourth-order valence-electron chi connectivity index (χ4n) is 3.37. The molecule has 3 aromatic heterocycles. The minimum Gasteiger partial charge on any atom is -0.463 e. The molecule has 0 saturated heterocycles. The molecule has 8 heteroatoms. The SMILES string of the molecule is CCC(CC)C(=O)Nc1cc(-c2ccco2)nn1-c1nc(-c2ccccc2)cc(=O)[nH]1. The van der Waals surface area contributed by atoms with E-state index >= 15 is 0 Å². The van der Waals surface area contributed by atoms with Gasteiger partial charge >= 0.3 is 0 Å². The zero-order valence-corrected chi connectivity index (χ0v) is 17.3. The molecule has 1 aromatic carbocycles. The second kappa shape index (κ2) is 8.83. The van der Waals surface area contributed by atoms with Gasteiger partial charge in [0.25, 0.3) is 5.56 Å². The van der Waals surface area contributed by atoms with E-state index in [1.54, 1.807) is 24.5 Å². The van der Waals surface area contributed by atoms with E-state index in [1.165, 1.54) is 10.7 Å². The zero-order chi connectivity index (χ0) is 21.8. The highest BCUT2D eigenvalue weighted by atomic mass is 16.3.